The molecule has 0 bridgehead atoms. The Morgan fingerprint density at radius 2 is 2.00 bits per heavy atom. The molecule has 0 saturated carbocycles. The number of hydrogen-bond donors (Lipinski definition) is 0. The minimum absolute atomic E-state index is 0.453. The molecule has 2 aromatic rings. The molecular formula is C20H23ClN2. The van der Waals surface area contributed by atoms with Crippen molar-refractivity contribution in [3.05, 3.63) is 64.2 Å². The quantitative estimate of drug-likeness (QED) is 0.541. The van der Waals surface area contributed by atoms with Crippen molar-refractivity contribution in [1.82, 2.24) is 4.90 Å². The molecule has 1 unspecified atom stereocenters. The minimum Gasteiger partial charge on any atom is -0.366 e. The Kier molecular flexibility index (Phi) is 5.02. The molecule has 1 atom stereocenters. The highest BCUT2D eigenvalue weighted by Crippen LogP contribution is 2.42. The van der Waals surface area contributed by atoms with E-state index in [9.17, 15) is 0 Å². The second-order valence-electron chi connectivity index (χ2n) is 6.14. The lowest BCUT2D eigenvalue weighted by Crippen LogP contribution is -2.14. The van der Waals surface area contributed by atoms with Crippen LogP contribution in [0.5, 0.6) is 0 Å². The molecule has 2 aromatic carbocycles. The summed E-state index contributed by atoms with van der Waals surface area (Å²) >= 11 is 6.67. The number of fused-ring (bicyclic) bond motifs is 1. The Morgan fingerprint density at radius 3 is 2.74 bits per heavy atom. The van der Waals surface area contributed by atoms with E-state index in [4.69, 9.17) is 11.6 Å². The molecule has 0 saturated heterocycles. The van der Waals surface area contributed by atoms with Crippen molar-refractivity contribution in [2.75, 3.05) is 13.6 Å². The Hall–Kier alpha value is -1.80. The van der Waals surface area contributed by atoms with Gasteiger partial charge in [-0.1, -0.05) is 48.0 Å². The third kappa shape index (κ3) is 3.42. The molecule has 0 aromatic heterocycles. The maximum Gasteiger partial charge on any atom is 0.0910 e. The van der Waals surface area contributed by atoms with Crippen molar-refractivity contribution < 1.29 is 0 Å². The number of benzene rings is 2. The average Bonchev–Trinajstić information content (AvgIpc) is 2.61. The first-order chi connectivity index (χ1) is 11.2. The lowest BCUT2D eigenvalue weighted by Gasteiger charge is -2.27. The van der Waals surface area contributed by atoms with Gasteiger partial charge in [-0.05, 0) is 48.9 Å². The summed E-state index contributed by atoms with van der Waals surface area (Å²) in [6.45, 7) is 3.03. The molecule has 23 heavy (non-hydrogen) atoms. The van der Waals surface area contributed by atoms with Crippen molar-refractivity contribution in [1.29, 1.82) is 0 Å². The Bertz CT molecular complexity index is 694. The van der Waals surface area contributed by atoms with E-state index in [-0.39, 0.29) is 0 Å². The van der Waals surface area contributed by atoms with Gasteiger partial charge in [-0.25, -0.2) is 4.99 Å². The lowest BCUT2D eigenvalue weighted by atomic mass is 9.79. The fraction of sp³-hybridized carbons (Fsp3) is 0.350. The van der Waals surface area contributed by atoms with Gasteiger partial charge in [0.2, 0.25) is 0 Å². The van der Waals surface area contributed by atoms with Crippen LogP contribution in [0.4, 0.5) is 5.69 Å². The fourth-order valence-electron chi connectivity index (χ4n) is 3.22. The van der Waals surface area contributed by atoms with Crippen LogP contribution in [-0.4, -0.2) is 24.8 Å². The second kappa shape index (κ2) is 7.18. The lowest BCUT2D eigenvalue weighted by molar-refractivity contribution is 0.552. The first kappa shape index (κ1) is 16.1. The summed E-state index contributed by atoms with van der Waals surface area (Å²) in [5.41, 5.74) is 4.90. The molecule has 0 heterocycles. The molecule has 2 nitrogen and oxygen atoms in total. The van der Waals surface area contributed by atoms with Gasteiger partial charge in [0.05, 0.1) is 17.0 Å². The van der Waals surface area contributed by atoms with E-state index in [1.54, 1.807) is 0 Å². The third-order valence-electron chi connectivity index (χ3n) is 4.65. The smallest absolute Gasteiger partial charge is 0.0910 e. The van der Waals surface area contributed by atoms with Crippen LogP contribution < -0.4 is 0 Å². The molecule has 120 valence electrons. The van der Waals surface area contributed by atoms with Crippen LogP contribution in [0.25, 0.3) is 0 Å². The van der Waals surface area contributed by atoms with Crippen molar-refractivity contribution in [3.8, 4) is 0 Å². The molecule has 1 aliphatic carbocycles. The number of hydrogen-bond acceptors (Lipinski definition) is 1. The predicted molar refractivity (Wildman–Crippen MR) is 99.1 cm³/mol. The van der Waals surface area contributed by atoms with E-state index in [1.165, 1.54) is 29.5 Å². The maximum atomic E-state index is 6.67. The Morgan fingerprint density at radius 1 is 1.22 bits per heavy atom. The summed E-state index contributed by atoms with van der Waals surface area (Å²) in [5, 5.41) is 0.823. The minimum atomic E-state index is 0.453. The highest BCUT2D eigenvalue weighted by Gasteiger charge is 2.24. The van der Waals surface area contributed by atoms with E-state index in [2.05, 4.69) is 54.4 Å². The molecule has 1 aliphatic rings. The first-order valence-corrected chi connectivity index (χ1v) is 8.69. The van der Waals surface area contributed by atoms with Gasteiger partial charge in [-0.3, -0.25) is 0 Å². The number of nitrogens with zero attached hydrogens (tertiary/aromatic N) is 2. The van der Waals surface area contributed by atoms with Crippen LogP contribution in [0.2, 0.25) is 5.02 Å². The summed E-state index contributed by atoms with van der Waals surface area (Å²) in [6.07, 6.45) is 5.26. The van der Waals surface area contributed by atoms with Gasteiger partial charge in [-0.2, -0.15) is 0 Å². The molecule has 0 amide bonds. The Labute approximate surface area is 143 Å². The van der Waals surface area contributed by atoms with Gasteiger partial charge >= 0.3 is 0 Å². The van der Waals surface area contributed by atoms with Crippen LogP contribution >= 0.6 is 11.6 Å². The van der Waals surface area contributed by atoms with Gasteiger partial charge in [0.25, 0.3) is 0 Å². The number of aliphatic imine (C=N–C) groups is 1. The van der Waals surface area contributed by atoms with Gasteiger partial charge < -0.3 is 4.90 Å². The van der Waals surface area contributed by atoms with E-state index >= 15 is 0 Å². The zero-order chi connectivity index (χ0) is 16.2. The predicted octanol–water partition coefficient (Wildman–Crippen LogP) is 5.42. The summed E-state index contributed by atoms with van der Waals surface area (Å²) in [4.78, 5) is 6.60. The standard InChI is InChI=1S/C20H23ClN2/c1-3-23(2)14-22-19-13-12-17-16(15-8-5-4-6-9-15)10-7-11-18(17)20(19)21/h4-6,8-9,12-14,16H,3,7,10-11H2,1-2H3. The second-order valence-corrected chi connectivity index (χ2v) is 6.52. The van der Waals surface area contributed by atoms with E-state index in [1.807, 2.05) is 18.3 Å². The van der Waals surface area contributed by atoms with Gasteiger partial charge in [-0.15, -0.1) is 0 Å². The zero-order valence-corrected chi connectivity index (χ0v) is 14.6. The molecule has 0 fully saturated rings. The monoisotopic (exact) mass is 326 g/mol. The Balaban J connectivity index is 1.96. The number of halogens is 1. The summed E-state index contributed by atoms with van der Waals surface area (Å²) in [7, 11) is 2.02. The van der Waals surface area contributed by atoms with Crippen molar-refractivity contribution in [3.63, 3.8) is 0 Å². The highest BCUT2D eigenvalue weighted by molar-refractivity contribution is 6.34. The SMILES string of the molecule is CCN(C)C=Nc1ccc2c(c1Cl)CCCC2c1ccccc1. The zero-order valence-electron chi connectivity index (χ0n) is 13.8. The fourth-order valence-corrected chi connectivity index (χ4v) is 3.53. The number of rotatable bonds is 4. The van der Waals surface area contributed by atoms with Gasteiger partial charge in [0.15, 0.2) is 0 Å². The first-order valence-electron chi connectivity index (χ1n) is 8.31. The van der Waals surface area contributed by atoms with Crippen molar-refractivity contribution >= 4 is 23.6 Å². The molecule has 0 N–H and O–H groups in total. The summed E-state index contributed by atoms with van der Waals surface area (Å²) < 4.78 is 0. The molecule has 0 spiro atoms. The highest BCUT2D eigenvalue weighted by atomic mass is 35.5. The van der Waals surface area contributed by atoms with E-state index < -0.39 is 0 Å². The van der Waals surface area contributed by atoms with Gasteiger partial charge in [0, 0.05) is 19.5 Å². The molecule has 3 rings (SSSR count). The third-order valence-corrected chi connectivity index (χ3v) is 5.07. The summed E-state index contributed by atoms with van der Waals surface area (Å²) in [6, 6.07) is 15.0. The van der Waals surface area contributed by atoms with Gasteiger partial charge in [0.1, 0.15) is 0 Å². The normalized spacial score (nSPS) is 17.3. The average molecular weight is 327 g/mol. The van der Waals surface area contributed by atoms with Crippen LogP contribution in [0.1, 0.15) is 42.4 Å². The van der Waals surface area contributed by atoms with Crippen LogP contribution in [0, 0.1) is 0 Å². The maximum absolute atomic E-state index is 6.67. The van der Waals surface area contributed by atoms with Crippen molar-refractivity contribution in [2.45, 2.75) is 32.1 Å². The molecular weight excluding hydrogens is 304 g/mol. The van der Waals surface area contributed by atoms with Crippen molar-refractivity contribution in [2.24, 2.45) is 4.99 Å². The molecule has 0 aliphatic heterocycles. The molecule has 0 radical (unpaired) electrons. The van der Waals surface area contributed by atoms with E-state index in [0.717, 1.165) is 23.7 Å². The van der Waals surface area contributed by atoms with E-state index in [0.29, 0.717) is 5.92 Å². The topological polar surface area (TPSA) is 15.6 Å². The molecule has 3 heteroatoms. The largest absolute Gasteiger partial charge is 0.366 e. The van der Waals surface area contributed by atoms with Crippen LogP contribution in [0.15, 0.2) is 47.5 Å². The van der Waals surface area contributed by atoms with Crippen LogP contribution in [0.3, 0.4) is 0 Å². The summed E-state index contributed by atoms with van der Waals surface area (Å²) in [5.74, 6) is 0.453. The van der Waals surface area contributed by atoms with Crippen LogP contribution in [-0.2, 0) is 6.42 Å².